The Morgan fingerprint density at radius 2 is 1.70 bits per heavy atom. The van der Waals surface area contributed by atoms with Crippen LogP contribution in [0.2, 0.25) is 0 Å². The average Bonchev–Trinajstić information content (AvgIpc) is 2.67. The molecule has 0 amide bonds. The fraction of sp³-hybridized carbons (Fsp3) is 0.368. The molecule has 7 nitrogen and oxygen atoms in total. The van der Waals surface area contributed by atoms with Crippen LogP contribution in [0.15, 0.2) is 48.5 Å². The zero-order valence-electron chi connectivity index (χ0n) is 15.4. The van der Waals surface area contributed by atoms with Crippen molar-refractivity contribution in [1.82, 2.24) is 5.32 Å². The van der Waals surface area contributed by atoms with E-state index in [0.29, 0.717) is 18.0 Å². The number of methoxy groups -OCH3 is 1. The molecule has 0 spiro atoms. The first kappa shape index (κ1) is 25.0. The summed E-state index contributed by atoms with van der Waals surface area (Å²) in [6, 6.07) is 13.8. The maximum Gasteiger partial charge on any atom is 0.161 e. The summed E-state index contributed by atoms with van der Waals surface area (Å²) in [5.41, 5.74) is 0.726. The Labute approximate surface area is 165 Å². The van der Waals surface area contributed by atoms with Crippen molar-refractivity contribution in [3.05, 3.63) is 54.1 Å². The molecule has 0 bridgehead atoms. The maximum absolute atomic E-state index is 9.47. The number of hydrogen-bond acceptors (Lipinski definition) is 7. The van der Waals surface area contributed by atoms with Crippen LogP contribution in [0.5, 0.6) is 17.2 Å². The fourth-order valence-electron chi connectivity index (χ4n) is 2.02. The molecule has 27 heavy (non-hydrogen) atoms. The number of aromatic hydroxyl groups is 1. The van der Waals surface area contributed by atoms with Gasteiger partial charge in [0, 0.05) is 6.54 Å². The minimum atomic E-state index is -0.861. The molecule has 0 aliphatic carbocycles. The van der Waals surface area contributed by atoms with Crippen LogP contribution in [0.4, 0.5) is 0 Å². The van der Waals surface area contributed by atoms with Gasteiger partial charge in [-0.05, 0) is 36.9 Å². The minimum absolute atomic E-state index is 0. The first-order valence-corrected chi connectivity index (χ1v) is 8.18. The Hall–Kier alpha value is -2.03. The lowest BCUT2D eigenvalue weighted by atomic mass is 10.1. The number of hydrogen-bond donors (Lipinski definition) is 5. The van der Waals surface area contributed by atoms with E-state index in [-0.39, 0.29) is 31.4 Å². The molecule has 5 N–H and O–H groups in total. The summed E-state index contributed by atoms with van der Waals surface area (Å²) < 4.78 is 10.3. The van der Waals surface area contributed by atoms with Gasteiger partial charge in [0.2, 0.25) is 0 Å². The van der Waals surface area contributed by atoms with Crippen LogP contribution in [0.1, 0.15) is 11.7 Å². The summed E-state index contributed by atoms with van der Waals surface area (Å²) in [5, 5.41) is 39.1. The third kappa shape index (κ3) is 9.46. The minimum Gasteiger partial charge on any atom is -0.508 e. The summed E-state index contributed by atoms with van der Waals surface area (Å²) in [6.45, 7) is 0.232. The second kappa shape index (κ2) is 14.1. The van der Waals surface area contributed by atoms with Gasteiger partial charge in [-0.3, -0.25) is 0 Å². The fourth-order valence-corrected chi connectivity index (χ4v) is 2.02. The molecule has 2 atom stereocenters. The standard InChI is InChI=1S/C10H14O4.C9H13NO2.ClH/c1-13-9-4-2-3-5-10(9)14-7-8(12)6-11;1-10-6-9(12)7-3-2-4-8(11)5-7;/h2-5,8,11-12H,6-7H2,1H3;2-5,9-12H,6H2,1H3;1H/t;9-;/m.0./s1. The van der Waals surface area contributed by atoms with Crippen LogP contribution in [0, 0.1) is 0 Å². The number of benzene rings is 2. The number of nitrogens with one attached hydrogen (secondary N) is 1. The van der Waals surface area contributed by atoms with Crippen LogP contribution in [-0.4, -0.2) is 60.4 Å². The number of aliphatic hydroxyl groups excluding tert-OH is 3. The molecule has 2 rings (SSSR count). The van der Waals surface area contributed by atoms with Crippen molar-refractivity contribution in [2.45, 2.75) is 12.2 Å². The van der Waals surface area contributed by atoms with Gasteiger partial charge in [0.25, 0.3) is 0 Å². The van der Waals surface area contributed by atoms with Crippen molar-refractivity contribution in [2.75, 3.05) is 33.9 Å². The van der Waals surface area contributed by atoms with Crippen molar-refractivity contribution in [3.63, 3.8) is 0 Å². The van der Waals surface area contributed by atoms with E-state index >= 15 is 0 Å². The van der Waals surface area contributed by atoms with E-state index in [0.717, 1.165) is 5.56 Å². The number of likely N-dealkylation sites (N-methyl/N-ethyl adjacent to an activating group) is 1. The molecule has 0 aliphatic heterocycles. The maximum atomic E-state index is 9.47. The van der Waals surface area contributed by atoms with Crippen molar-refractivity contribution < 1.29 is 29.9 Å². The van der Waals surface area contributed by atoms with Gasteiger partial charge in [0.15, 0.2) is 11.5 Å². The molecule has 0 aromatic heterocycles. The quantitative estimate of drug-likeness (QED) is 0.455. The third-order valence-corrected chi connectivity index (χ3v) is 3.36. The molecule has 0 saturated heterocycles. The van der Waals surface area contributed by atoms with Gasteiger partial charge < -0.3 is 35.2 Å². The lowest BCUT2D eigenvalue weighted by Crippen LogP contribution is -2.21. The zero-order valence-corrected chi connectivity index (χ0v) is 16.2. The van der Waals surface area contributed by atoms with E-state index in [2.05, 4.69) is 5.32 Å². The molecule has 0 aliphatic rings. The van der Waals surface area contributed by atoms with E-state index in [1.165, 1.54) is 0 Å². The Bertz CT molecular complexity index is 643. The van der Waals surface area contributed by atoms with Crippen LogP contribution in [0.3, 0.4) is 0 Å². The molecule has 0 heterocycles. The zero-order chi connectivity index (χ0) is 19.4. The number of ether oxygens (including phenoxy) is 2. The first-order valence-electron chi connectivity index (χ1n) is 8.18. The van der Waals surface area contributed by atoms with Crippen molar-refractivity contribution in [1.29, 1.82) is 0 Å². The Kier molecular flexibility index (Phi) is 13.0. The summed E-state index contributed by atoms with van der Waals surface area (Å²) in [7, 11) is 3.32. The topological polar surface area (TPSA) is 111 Å². The van der Waals surface area contributed by atoms with Gasteiger partial charge in [-0.2, -0.15) is 0 Å². The predicted molar refractivity (Wildman–Crippen MR) is 106 cm³/mol. The molecular weight excluding hydrogens is 374 g/mol. The Balaban J connectivity index is 0.000000488. The van der Waals surface area contributed by atoms with Gasteiger partial charge in [0.1, 0.15) is 18.5 Å². The highest BCUT2D eigenvalue weighted by Crippen LogP contribution is 2.25. The smallest absolute Gasteiger partial charge is 0.161 e. The van der Waals surface area contributed by atoms with Crippen LogP contribution in [-0.2, 0) is 0 Å². The molecule has 0 saturated carbocycles. The lowest BCUT2D eigenvalue weighted by molar-refractivity contribution is 0.0527. The highest BCUT2D eigenvalue weighted by molar-refractivity contribution is 5.85. The Morgan fingerprint density at radius 3 is 2.26 bits per heavy atom. The molecule has 0 fully saturated rings. The molecule has 0 radical (unpaired) electrons. The summed E-state index contributed by atoms with van der Waals surface area (Å²) in [4.78, 5) is 0. The van der Waals surface area contributed by atoms with Crippen molar-refractivity contribution in [3.8, 4) is 17.2 Å². The summed E-state index contributed by atoms with van der Waals surface area (Å²) >= 11 is 0. The second-order valence-electron chi connectivity index (χ2n) is 5.47. The molecule has 152 valence electrons. The Morgan fingerprint density at radius 1 is 1.04 bits per heavy atom. The lowest BCUT2D eigenvalue weighted by Gasteiger charge is -2.12. The predicted octanol–water partition coefficient (Wildman–Crippen LogP) is 1.49. The van der Waals surface area contributed by atoms with Crippen LogP contribution >= 0.6 is 12.4 Å². The number of phenols is 1. The largest absolute Gasteiger partial charge is 0.508 e. The molecule has 8 heteroatoms. The van der Waals surface area contributed by atoms with Gasteiger partial charge in [0.05, 0.1) is 19.8 Å². The van der Waals surface area contributed by atoms with Gasteiger partial charge in [-0.15, -0.1) is 12.4 Å². The highest BCUT2D eigenvalue weighted by Gasteiger charge is 2.06. The number of aliphatic hydroxyl groups is 3. The normalized spacial score (nSPS) is 12.0. The van der Waals surface area contributed by atoms with Crippen molar-refractivity contribution >= 4 is 12.4 Å². The summed E-state index contributed by atoms with van der Waals surface area (Å²) in [5.74, 6) is 1.35. The second-order valence-corrected chi connectivity index (χ2v) is 5.47. The van der Waals surface area contributed by atoms with Crippen LogP contribution in [0.25, 0.3) is 0 Å². The van der Waals surface area contributed by atoms with E-state index in [1.807, 2.05) is 12.1 Å². The summed E-state index contributed by atoms with van der Waals surface area (Å²) in [6.07, 6.45) is -1.41. The monoisotopic (exact) mass is 401 g/mol. The van der Waals surface area contributed by atoms with Crippen molar-refractivity contribution in [2.24, 2.45) is 0 Å². The number of halogens is 1. The van der Waals surface area contributed by atoms with Gasteiger partial charge in [-0.1, -0.05) is 24.3 Å². The number of rotatable bonds is 8. The highest BCUT2D eigenvalue weighted by atomic mass is 35.5. The number of para-hydroxylation sites is 2. The van der Waals surface area contributed by atoms with E-state index < -0.39 is 12.2 Å². The van der Waals surface area contributed by atoms with E-state index in [9.17, 15) is 5.11 Å². The first-order chi connectivity index (χ1) is 12.5. The third-order valence-electron chi connectivity index (χ3n) is 3.36. The SMILES string of the molecule is CNC[C@H](O)c1cccc(O)c1.COc1ccccc1OCC(O)CO.Cl. The molecule has 2 aromatic carbocycles. The average molecular weight is 402 g/mol. The van der Waals surface area contributed by atoms with Gasteiger partial charge in [-0.25, -0.2) is 0 Å². The molecule has 1 unspecified atom stereocenters. The van der Waals surface area contributed by atoms with Crippen LogP contribution < -0.4 is 14.8 Å². The number of phenolic OH excluding ortho intramolecular Hbond substituents is 1. The van der Waals surface area contributed by atoms with E-state index in [1.54, 1.807) is 50.6 Å². The van der Waals surface area contributed by atoms with Gasteiger partial charge >= 0.3 is 0 Å². The molecular formula is C19H28ClNO6. The van der Waals surface area contributed by atoms with E-state index in [4.69, 9.17) is 24.8 Å². The molecule has 2 aromatic rings.